The van der Waals surface area contributed by atoms with Gasteiger partial charge in [-0.15, -0.1) is 0 Å². The zero-order valence-corrected chi connectivity index (χ0v) is 11.1. The number of hydrogen-bond acceptors (Lipinski definition) is 3. The van der Waals surface area contributed by atoms with Crippen LogP contribution >= 0.6 is 0 Å². The maximum Gasteiger partial charge on any atom is 0.322 e. The molecule has 1 aliphatic rings. The Labute approximate surface area is 117 Å². The molecule has 0 aliphatic carbocycles. The van der Waals surface area contributed by atoms with E-state index in [0.717, 1.165) is 16.9 Å². The van der Waals surface area contributed by atoms with Crippen LogP contribution < -0.4 is 4.74 Å². The topological polar surface area (TPSA) is 35.5 Å². The molecule has 3 heteroatoms. The molecule has 1 aliphatic heterocycles. The van der Waals surface area contributed by atoms with Crippen molar-refractivity contribution in [1.29, 1.82) is 0 Å². The van der Waals surface area contributed by atoms with Crippen molar-refractivity contribution >= 4 is 11.7 Å². The summed E-state index contributed by atoms with van der Waals surface area (Å²) in [5.41, 5.74) is 1.82. The van der Waals surface area contributed by atoms with Crippen molar-refractivity contribution in [2.75, 3.05) is 7.11 Å². The molecule has 0 saturated heterocycles. The number of carbonyl (C=O) groups is 1. The van der Waals surface area contributed by atoms with Crippen molar-refractivity contribution in [2.45, 2.75) is 5.92 Å². The highest BCUT2D eigenvalue weighted by atomic mass is 16.5. The molecule has 1 unspecified atom stereocenters. The quantitative estimate of drug-likeness (QED) is 0.799. The highest BCUT2D eigenvalue weighted by molar-refractivity contribution is 5.92. The van der Waals surface area contributed by atoms with Gasteiger partial charge < -0.3 is 9.47 Å². The van der Waals surface area contributed by atoms with Crippen LogP contribution in [0.1, 0.15) is 17.0 Å². The number of hydrogen-bond donors (Lipinski definition) is 0. The molecule has 0 N–H and O–H groups in total. The minimum Gasteiger partial charge on any atom is -0.497 e. The Morgan fingerprint density at radius 2 is 1.70 bits per heavy atom. The van der Waals surface area contributed by atoms with E-state index in [1.807, 2.05) is 60.7 Å². The summed E-state index contributed by atoms with van der Waals surface area (Å²) < 4.78 is 10.5. The molecular weight excluding hydrogens is 252 g/mol. The van der Waals surface area contributed by atoms with Crippen LogP contribution in [0.3, 0.4) is 0 Å². The lowest BCUT2D eigenvalue weighted by molar-refractivity contribution is -0.135. The fourth-order valence-electron chi connectivity index (χ4n) is 2.23. The SMILES string of the molecule is COc1ccc(C2C=C(c3ccccc3)OC2=O)cc1. The first kappa shape index (κ1) is 12.5. The fraction of sp³-hybridized carbons (Fsp3) is 0.118. The van der Waals surface area contributed by atoms with E-state index >= 15 is 0 Å². The van der Waals surface area contributed by atoms with Gasteiger partial charge in [0.25, 0.3) is 0 Å². The second kappa shape index (κ2) is 5.21. The number of benzene rings is 2. The summed E-state index contributed by atoms with van der Waals surface area (Å²) in [5.74, 6) is 0.800. The molecule has 3 rings (SSSR count). The average molecular weight is 266 g/mol. The van der Waals surface area contributed by atoms with Crippen LogP contribution in [0.25, 0.3) is 5.76 Å². The molecule has 0 bridgehead atoms. The van der Waals surface area contributed by atoms with E-state index in [4.69, 9.17) is 9.47 Å². The Bertz CT molecular complexity index is 642. The van der Waals surface area contributed by atoms with E-state index in [1.54, 1.807) is 7.11 Å². The van der Waals surface area contributed by atoms with Crippen LogP contribution in [0.4, 0.5) is 0 Å². The summed E-state index contributed by atoms with van der Waals surface area (Å²) in [6, 6.07) is 17.1. The lowest BCUT2D eigenvalue weighted by Gasteiger charge is -2.06. The Hall–Kier alpha value is -2.55. The zero-order chi connectivity index (χ0) is 13.9. The van der Waals surface area contributed by atoms with Gasteiger partial charge in [-0.05, 0) is 23.8 Å². The predicted molar refractivity (Wildman–Crippen MR) is 76.2 cm³/mol. The molecule has 0 fully saturated rings. The van der Waals surface area contributed by atoms with Gasteiger partial charge in [0, 0.05) is 5.56 Å². The van der Waals surface area contributed by atoms with E-state index in [0.29, 0.717) is 5.76 Å². The van der Waals surface area contributed by atoms with Gasteiger partial charge in [-0.25, -0.2) is 0 Å². The summed E-state index contributed by atoms with van der Waals surface area (Å²) in [4.78, 5) is 12.0. The molecule has 2 aromatic carbocycles. The summed E-state index contributed by atoms with van der Waals surface area (Å²) in [7, 11) is 1.62. The third-order valence-electron chi connectivity index (χ3n) is 3.32. The lowest BCUT2D eigenvalue weighted by atomic mass is 9.99. The first-order chi connectivity index (χ1) is 9.78. The first-order valence-electron chi connectivity index (χ1n) is 6.41. The van der Waals surface area contributed by atoms with Crippen molar-refractivity contribution in [3.05, 3.63) is 71.8 Å². The molecule has 0 spiro atoms. The highest BCUT2D eigenvalue weighted by Gasteiger charge is 2.29. The van der Waals surface area contributed by atoms with Crippen molar-refractivity contribution in [3.8, 4) is 5.75 Å². The average Bonchev–Trinajstić information content (AvgIpc) is 2.90. The zero-order valence-electron chi connectivity index (χ0n) is 11.1. The van der Waals surface area contributed by atoms with Crippen molar-refractivity contribution in [1.82, 2.24) is 0 Å². The molecule has 0 aromatic heterocycles. The third kappa shape index (κ3) is 2.30. The smallest absolute Gasteiger partial charge is 0.322 e. The van der Waals surface area contributed by atoms with Gasteiger partial charge in [-0.2, -0.15) is 0 Å². The van der Waals surface area contributed by atoms with E-state index in [9.17, 15) is 4.79 Å². The summed E-state index contributed by atoms with van der Waals surface area (Å²) in [6.45, 7) is 0. The van der Waals surface area contributed by atoms with Crippen molar-refractivity contribution in [3.63, 3.8) is 0 Å². The molecule has 2 aromatic rings. The van der Waals surface area contributed by atoms with Crippen LogP contribution in [0.2, 0.25) is 0 Å². The van der Waals surface area contributed by atoms with Crippen LogP contribution in [0.15, 0.2) is 60.7 Å². The minimum absolute atomic E-state index is 0.242. The molecule has 0 saturated carbocycles. The third-order valence-corrected chi connectivity index (χ3v) is 3.32. The van der Waals surface area contributed by atoms with Gasteiger partial charge in [0.15, 0.2) is 0 Å². The number of methoxy groups -OCH3 is 1. The Morgan fingerprint density at radius 3 is 2.35 bits per heavy atom. The fourth-order valence-corrected chi connectivity index (χ4v) is 2.23. The van der Waals surface area contributed by atoms with Crippen LogP contribution in [0.5, 0.6) is 5.75 Å². The number of ether oxygens (including phenoxy) is 2. The molecule has 0 radical (unpaired) electrons. The van der Waals surface area contributed by atoms with Crippen LogP contribution in [-0.2, 0) is 9.53 Å². The van der Waals surface area contributed by atoms with Crippen molar-refractivity contribution < 1.29 is 14.3 Å². The summed E-state index contributed by atoms with van der Waals surface area (Å²) >= 11 is 0. The van der Waals surface area contributed by atoms with Gasteiger partial charge in [0.05, 0.1) is 7.11 Å². The van der Waals surface area contributed by atoms with E-state index in [2.05, 4.69) is 0 Å². The van der Waals surface area contributed by atoms with Gasteiger partial charge in [0.2, 0.25) is 0 Å². The summed E-state index contributed by atoms with van der Waals surface area (Å²) in [5, 5.41) is 0. The predicted octanol–water partition coefficient (Wildman–Crippen LogP) is 3.38. The van der Waals surface area contributed by atoms with Gasteiger partial charge in [-0.1, -0.05) is 42.5 Å². The van der Waals surface area contributed by atoms with Crippen LogP contribution in [-0.4, -0.2) is 13.1 Å². The maximum absolute atomic E-state index is 12.0. The maximum atomic E-state index is 12.0. The molecule has 100 valence electrons. The number of esters is 1. The van der Waals surface area contributed by atoms with Gasteiger partial charge >= 0.3 is 5.97 Å². The normalized spacial score (nSPS) is 17.6. The summed E-state index contributed by atoms with van der Waals surface area (Å²) in [6.07, 6.45) is 1.86. The molecular formula is C17H14O3. The molecule has 0 amide bonds. The Morgan fingerprint density at radius 1 is 1.00 bits per heavy atom. The first-order valence-corrected chi connectivity index (χ1v) is 6.41. The monoisotopic (exact) mass is 266 g/mol. The largest absolute Gasteiger partial charge is 0.497 e. The molecule has 1 atom stereocenters. The van der Waals surface area contributed by atoms with E-state index < -0.39 is 0 Å². The van der Waals surface area contributed by atoms with Gasteiger partial charge in [0.1, 0.15) is 17.4 Å². The lowest BCUT2D eigenvalue weighted by Crippen LogP contribution is -2.06. The number of carbonyl (C=O) groups excluding carboxylic acids is 1. The minimum atomic E-state index is -0.351. The molecule has 3 nitrogen and oxygen atoms in total. The second-order valence-corrected chi connectivity index (χ2v) is 4.57. The van der Waals surface area contributed by atoms with Gasteiger partial charge in [-0.3, -0.25) is 4.79 Å². The van der Waals surface area contributed by atoms with Crippen molar-refractivity contribution in [2.24, 2.45) is 0 Å². The Kier molecular flexibility index (Phi) is 3.25. The molecule has 1 heterocycles. The number of rotatable bonds is 3. The van der Waals surface area contributed by atoms with E-state index in [1.165, 1.54) is 0 Å². The Balaban J connectivity index is 1.90. The highest BCUT2D eigenvalue weighted by Crippen LogP contribution is 2.33. The second-order valence-electron chi connectivity index (χ2n) is 4.57. The van der Waals surface area contributed by atoms with E-state index in [-0.39, 0.29) is 11.9 Å². The molecule has 20 heavy (non-hydrogen) atoms. The number of cyclic esters (lactones) is 1. The standard InChI is InChI=1S/C17H14O3/c1-19-14-9-7-12(8-10-14)15-11-16(20-17(15)18)13-5-3-2-4-6-13/h2-11,15H,1H3. The van der Waals surface area contributed by atoms with Crippen LogP contribution in [0, 0.1) is 0 Å².